The normalized spacial score (nSPS) is 15.2. The second-order valence-corrected chi connectivity index (χ2v) is 3.87. The van der Waals surface area contributed by atoms with E-state index < -0.39 is 0 Å². The molecule has 0 aromatic heterocycles. The molecular formula is C10H14BrNO4. The molecule has 1 heterocycles. The first-order chi connectivity index (χ1) is 7.75. The van der Waals surface area contributed by atoms with Crippen LogP contribution in [0.3, 0.4) is 0 Å². The first kappa shape index (κ1) is 13.3. The van der Waals surface area contributed by atoms with Crippen molar-refractivity contribution in [2.45, 2.75) is 0 Å². The van der Waals surface area contributed by atoms with Gasteiger partial charge < -0.3 is 9.47 Å². The van der Waals surface area contributed by atoms with Gasteiger partial charge in [0.1, 0.15) is 0 Å². The summed E-state index contributed by atoms with van der Waals surface area (Å²) in [4.78, 5) is 23.4. The van der Waals surface area contributed by atoms with Gasteiger partial charge in [-0.15, -0.1) is 0 Å². The van der Waals surface area contributed by atoms with Gasteiger partial charge >= 0.3 is 0 Å². The molecule has 1 aliphatic heterocycles. The largest absolute Gasteiger partial charge is 0.378 e. The summed E-state index contributed by atoms with van der Waals surface area (Å²) in [6.07, 6.45) is 2.53. The van der Waals surface area contributed by atoms with Crippen LogP contribution in [0.2, 0.25) is 0 Å². The van der Waals surface area contributed by atoms with Crippen molar-refractivity contribution in [3.8, 4) is 0 Å². The van der Waals surface area contributed by atoms with E-state index in [9.17, 15) is 9.59 Å². The SMILES string of the molecule is O=C1C=CC(=O)N1CCOCCOCCBr. The van der Waals surface area contributed by atoms with Crippen molar-refractivity contribution in [3.63, 3.8) is 0 Å². The zero-order valence-corrected chi connectivity index (χ0v) is 10.4. The first-order valence-corrected chi connectivity index (χ1v) is 6.13. The zero-order chi connectivity index (χ0) is 11.8. The fourth-order valence-corrected chi connectivity index (χ4v) is 1.41. The number of hydrogen-bond acceptors (Lipinski definition) is 4. The lowest BCUT2D eigenvalue weighted by Gasteiger charge is -2.13. The van der Waals surface area contributed by atoms with Gasteiger partial charge in [-0.05, 0) is 0 Å². The molecule has 0 unspecified atom stereocenters. The smallest absolute Gasteiger partial charge is 0.253 e. The molecule has 0 spiro atoms. The van der Waals surface area contributed by atoms with E-state index in [1.54, 1.807) is 0 Å². The van der Waals surface area contributed by atoms with Crippen LogP contribution in [0.25, 0.3) is 0 Å². The fraction of sp³-hybridized carbons (Fsp3) is 0.600. The molecule has 1 rings (SSSR count). The van der Waals surface area contributed by atoms with Crippen molar-refractivity contribution in [2.24, 2.45) is 0 Å². The van der Waals surface area contributed by atoms with Crippen molar-refractivity contribution in [1.82, 2.24) is 4.90 Å². The molecule has 1 aliphatic rings. The van der Waals surface area contributed by atoms with E-state index in [4.69, 9.17) is 9.47 Å². The standard InChI is InChI=1S/C10H14BrNO4/c11-3-5-15-7-8-16-6-4-12-9(13)1-2-10(12)14/h1-2H,3-8H2. The molecule has 16 heavy (non-hydrogen) atoms. The second-order valence-electron chi connectivity index (χ2n) is 3.08. The maximum atomic E-state index is 11.1. The van der Waals surface area contributed by atoms with Crippen LogP contribution in [0.15, 0.2) is 12.2 Å². The summed E-state index contributed by atoms with van der Waals surface area (Å²) in [6, 6.07) is 0. The average molecular weight is 292 g/mol. The van der Waals surface area contributed by atoms with Crippen LogP contribution < -0.4 is 0 Å². The van der Waals surface area contributed by atoms with Gasteiger partial charge in [-0.2, -0.15) is 0 Å². The highest BCUT2D eigenvalue weighted by Gasteiger charge is 2.22. The molecule has 2 amide bonds. The Morgan fingerprint density at radius 1 is 1.00 bits per heavy atom. The predicted octanol–water partition coefficient (Wildman–Crippen LogP) is 0.340. The molecule has 0 bridgehead atoms. The summed E-state index contributed by atoms with van der Waals surface area (Å²) in [5.41, 5.74) is 0. The van der Waals surface area contributed by atoms with E-state index >= 15 is 0 Å². The van der Waals surface area contributed by atoms with Crippen LogP contribution in [-0.4, -0.2) is 55.0 Å². The quantitative estimate of drug-likeness (QED) is 0.368. The number of rotatable bonds is 8. The Kier molecular flexibility index (Phi) is 6.29. The third kappa shape index (κ3) is 4.42. The summed E-state index contributed by atoms with van der Waals surface area (Å²) in [5, 5.41) is 0.801. The molecule has 0 aromatic rings. The summed E-state index contributed by atoms with van der Waals surface area (Å²) >= 11 is 3.24. The van der Waals surface area contributed by atoms with Gasteiger partial charge in [0, 0.05) is 17.5 Å². The van der Waals surface area contributed by atoms with Crippen LogP contribution in [0.1, 0.15) is 0 Å². The van der Waals surface area contributed by atoms with Crippen LogP contribution in [0.5, 0.6) is 0 Å². The van der Waals surface area contributed by atoms with E-state index in [0.29, 0.717) is 33.0 Å². The average Bonchev–Trinajstić information content (AvgIpc) is 2.59. The Morgan fingerprint density at radius 3 is 2.12 bits per heavy atom. The number of carbonyl (C=O) groups is 2. The summed E-state index contributed by atoms with van der Waals surface area (Å²) in [6.45, 7) is 2.28. The van der Waals surface area contributed by atoms with Crippen molar-refractivity contribution in [3.05, 3.63) is 12.2 Å². The van der Waals surface area contributed by atoms with Gasteiger partial charge in [-0.3, -0.25) is 14.5 Å². The van der Waals surface area contributed by atoms with E-state index in [2.05, 4.69) is 15.9 Å². The number of carbonyl (C=O) groups excluding carboxylic acids is 2. The number of imide groups is 1. The minimum atomic E-state index is -0.274. The predicted molar refractivity (Wildman–Crippen MR) is 61.3 cm³/mol. The molecule has 6 heteroatoms. The number of nitrogens with zero attached hydrogens (tertiary/aromatic N) is 1. The van der Waals surface area contributed by atoms with E-state index in [1.165, 1.54) is 12.2 Å². The molecule has 0 atom stereocenters. The van der Waals surface area contributed by atoms with Crippen LogP contribution in [0.4, 0.5) is 0 Å². The van der Waals surface area contributed by atoms with Crippen LogP contribution in [0, 0.1) is 0 Å². The molecule has 5 nitrogen and oxygen atoms in total. The zero-order valence-electron chi connectivity index (χ0n) is 8.86. The minimum Gasteiger partial charge on any atom is -0.378 e. The Morgan fingerprint density at radius 2 is 1.56 bits per heavy atom. The molecule has 0 saturated heterocycles. The van der Waals surface area contributed by atoms with Gasteiger partial charge in [0.15, 0.2) is 0 Å². The minimum absolute atomic E-state index is 0.274. The van der Waals surface area contributed by atoms with Gasteiger partial charge in [0.25, 0.3) is 11.8 Å². The molecule has 0 radical (unpaired) electrons. The second kappa shape index (κ2) is 7.54. The summed E-state index contributed by atoms with van der Waals surface area (Å²) in [7, 11) is 0. The van der Waals surface area contributed by atoms with E-state index in [1.807, 2.05) is 0 Å². The lowest BCUT2D eigenvalue weighted by Crippen LogP contribution is -2.33. The molecule has 0 aromatic carbocycles. The first-order valence-electron chi connectivity index (χ1n) is 5.00. The Bertz CT molecular complexity index is 262. The highest BCUT2D eigenvalue weighted by Crippen LogP contribution is 2.02. The van der Waals surface area contributed by atoms with Gasteiger partial charge in [-0.1, -0.05) is 15.9 Å². The van der Waals surface area contributed by atoms with Crippen molar-refractivity contribution in [1.29, 1.82) is 0 Å². The molecular weight excluding hydrogens is 278 g/mol. The van der Waals surface area contributed by atoms with Gasteiger partial charge in [0.05, 0.1) is 33.0 Å². The molecule has 0 N–H and O–H groups in total. The maximum Gasteiger partial charge on any atom is 0.253 e. The van der Waals surface area contributed by atoms with Crippen LogP contribution >= 0.6 is 15.9 Å². The van der Waals surface area contributed by atoms with Crippen molar-refractivity contribution < 1.29 is 19.1 Å². The summed E-state index contributed by atoms with van der Waals surface area (Å²) in [5.74, 6) is -0.548. The lowest BCUT2D eigenvalue weighted by atomic mass is 10.5. The van der Waals surface area contributed by atoms with Crippen molar-refractivity contribution >= 4 is 27.7 Å². The monoisotopic (exact) mass is 291 g/mol. The Hall–Kier alpha value is -0.720. The van der Waals surface area contributed by atoms with E-state index in [0.717, 1.165) is 10.2 Å². The maximum absolute atomic E-state index is 11.1. The summed E-state index contributed by atoms with van der Waals surface area (Å²) < 4.78 is 10.4. The van der Waals surface area contributed by atoms with Crippen LogP contribution in [-0.2, 0) is 19.1 Å². The topological polar surface area (TPSA) is 55.8 Å². The Balaban J connectivity index is 1.99. The number of alkyl halides is 1. The molecule has 90 valence electrons. The third-order valence-corrected chi connectivity index (χ3v) is 2.28. The highest BCUT2D eigenvalue weighted by molar-refractivity contribution is 9.09. The van der Waals surface area contributed by atoms with E-state index in [-0.39, 0.29) is 11.8 Å². The number of ether oxygens (including phenoxy) is 2. The Labute approximate surface area is 103 Å². The van der Waals surface area contributed by atoms with Gasteiger partial charge in [-0.25, -0.2) is 0 Å². The highest BCUT2D eigenvalue weighted by atomic mass is 79.9. The number of hydrogen-bond donors (Lipinski definition) is 0. The molecule has 0 saturated carbocycles. The number of halogens is 1. The molecule has 0 fully saturated rings. The molecule has 0 aliphatic carbocycles. The van der Waals surface area contributed by atoms with Gasteiger partial charge in [0.2, 0.25) is 0 Å². The third-order valence-electron chi connectivity index (χ3n) is 1.95. The number of amides is 2. The fourth-order valence-electron chi connectivity index (χ4n) is 1.18. The van der Waals surface area contributed by atoms with Crippen molar-refractivity contribution in [2.75, 3.05) is 38.3 Å². The lowest BCUT2D eigenvalue weighted by molar-refractivity contribution is -0.137.